The fourth-order valence-corrected chi connectivity index (χ4v) is 3.42. The molecule has 2 aliphatic rings. The summed E-state index contributed by atoms with van der Waals surface area (Å²) in [5.74, 6) is -0.858. The molecule has 2 aromatic rings. The van der Waals surface area contributed by atoms with E-state index in [1.165, 1.54) is 24.0 Å². The van der Waals surface area contributed by atoms with Crippen molar-refractivity contribution in [3.63, 3.8) is 0 Å². The molecule has 150 valence electrons. The van der Waals surface area contributed by atoms with E-state index >= 15 is 0 Å². The van der Waals surface area contributed by atoms with E-state index < -0.39 is 18.0 Å². The minimum atomic E-state index is -1.12. The topological polar surface area (TPSA) is 94.2 Å². The highest BCUT2D eigenvalue weighted by molar-refractivity contribution is 6.32. The third-order valence-corrected chi connectivity index (χ3v) is 4.78. The number of hydrogen-bond acceptors (Lipinski definition) is 6. The molecule has 2 heterocycles. The van der Waals surface area contributed by atoms with Gasteiger partial charge in [0, 0.05) is 0 Å². The Morgan fingerprint density at radius 2 is 1.97 bits per heavy atom. The van der Waals surface area contributed by atoms with Gasteiger partial charge in [0.2, 0.25) is 5.91 Å². The SMILES string of the molecule is C[C@H](OC(=O)c1cc(Cl)c2c(c1)OCCO2)C(=O)N1CC(=O)Nc2ccccc21. The second-order valence-electron chi connectivity index (χ2n) is 6.52. The molecule has 8 nitrogen and oxygen atoms in total. The summed E-state index contributed by atoms with van der Waals surface area (Å²) in [6.45, 7) is 2.00. The third kappa shape index (κ3) is 3.71. The molecule has 0 saturated carbocycles. The number of para-hydroxylation sites is 2. The van der Waals surface area contributed by atoms with Crippen molar-refractivity contribution in [3.05, 3.63) is 47.0 Å². The molecule has 0 saturated heterocycles. The van der Waals surface area contributed by atoms with Crippen molar-refractivity contribution in [2.75, 3.05) is 30.0 Å². The molecule has 0 unspecified atom stereocenters. The number of amides is 2. The quantitative estimate of drug-likeness (QED) is 0.773. The Hall–Kier alpha value is -3.26. The van der Waals surface area contributed by atoms with Crippen LogP contribution in [-0.4, -0.2) is 43.6 Å². The Morgan fingerprint density at radius 1 is 1.21 bits per heavy atom. The Kier molecular flexibility index (Phi) is 5.02. The molecule has 2 aromatic carbocycles. The highest BCUT2D eigenvalue weighted by atomic mass is 35.5. The predicted molar refractivity (Wildman–Crippen MR) is 105 cm³/mol. The summed E-state index contributed by atoms with van der Waals surface area (Å²) in [7, 11) is 0. The summed E-state index contributed by atoms with van der Waals surface area (Å²) in [5, 5.41) is 2.92. The van der Waals surface area contributed by atoms with Gasteiger partial charge < -0.3 is 19.5 Å². The van der Waals surface area contributed by atoms with Gasteiger partial charge in [-0.1, -0.05) is 23.7 Å². The van der Waals surface area contributed by atoms with Crippen LogP contribution in [0.2, 0.25) is 5.02 Å². The third-order valence-electron chi connectivity index (χ3n) is 4.50. The van der Waals surface area contributed by atoms with E-state index in [1.54, 1.807) is 24.3 Å². The molecule has 2 aliphatic heterocycles. The zero-order chi connectivity index (χ0) is 20.5. The summed E-state index contributed by atoms with van der Waals surface area (Å²) in [4.78, 5) is 38.7. The summed E-state index contributed by atoms with van der Waals surface area (Å²) >= 11 is 6.15. The molecule has 0 aromatic heterocycles. The first-order valence-corrected chi connectivity index (χ1v) is 9.32. The second kappa shape index (κ2) is 7.63. The number of fused-ring (bicyclic) bond motifs is 2. The predicted octanol–water partition coefficient (Wildman–Crippen LogP) is 2.64. The average molecular weight is 417 g/mol. The Labute approximate surface area is 171 Å². The van der Waals surface area contributed by atoms with E-state index in [9.17, 15) is 14.4 Å². The molecule has 9 heteroatoms. The van der Waals surface area contributed by atoms with Crippen LogP contribution in [0.1, 0.15) is 17.3 Å². The van der Waals surface area contributed by atoms with Crippen LogP contribution in [-0.2, 0) is 14.3 Å². The van der Waals surface area contributed by atoms with Crippen LogP contribution in [0, 0.1) is 0 Å². The largest absolute Gasteiger partial charge is 0.486 e. The molecule has 1 N–H and O–H groups in total. The van der Waals surface area contributed by atoms with Crippen molar-refractivity contribution < 1.29 is 28.6 Å². The van der Waals surface area contributed by atoms with E-state index in [1.807, 2.05) is 0 Å². The van der Waals surface area contributed by atoms with Crippen LogP contribution in [0.15, 0.2) is 36.4 Å². The van der Waals surface area contributed by atoms with Crippen molar-refractivity contribution in [3.8, 4) is 11.5 Å². The lowest BCUT2D eigenvalue weighted by molar-refractivity contribution is -0.128. The smallest absolute Gasteiger partial charge is 0.339 e. The first-order valence-electron chi connectivity index (χ1n) is 8.94. The molecule has 0 aliphatic carbocycles. The summed E-state index contributed by atoms with van der Waals surface area (Å²) in [6.07, 6.45) is -1.12. The van der Waals surface area contributed by atoms with Gasteiger partial charge in [0.1, 0.15) is 19.8 Å². The summed E-state index contributed by atoms with van der Waals surface area (Å²) < 4.78 is 16.2. The lowest BCUT2D eigenvalue weighted by Crippen LogP contribution is -2.47. The van der Waals surface area contributed by atoms with Crippen molar-refractivity contribution in [1.29, 1.82) is 0 Å². The lowest BCUT2D eigenvalue weighted by Gasteiger charge is -2.30. The number of carbonyl (C=O) groups excluding carboxylic acids is 3. The number of benzene rings is 2. The van der Waals surface area contributed by atoms with Gasteiger partial charge in [0.25, 0.3) is 5.91 Å². The maximum Gasteiger partial charge on any atom is 0.339 e. The minimum Gasteiger partial charge on any atom is -0.486 e. The number of nitrogens with zero attached hydrogens (tertiary/aromatic N) is 1. The lowest BCUT2D eigenvalue weighted by atomic mass is 10.1. The standard InChI is InChI=1S/C20H17ClN2O6/c1-11(19(25)23-10-17(24)22-14-4-2-3-5-15(14)23)29-20(26)12-8-13(21)18-16(9-12)27-6-7-28-18/h2-5,8-9,11H,6-7,10H2,1H3,(H,22,24)/t11-/m0/s1. The zero-order valence-electron chi connectivity index (χ0n) is 15.4. The fourth-order valence-electron chi connectivity index (χ4n) is 3.16. The number of ether oxygens (including phenoxy) is 3. The van der Waals surface area contributed by atoms with Gasteiger partial charge >= 0.3 is 5.97 Å². The number of rotatable bonds is 3. The molecule has 2 amide bonds. The molecule has 4 rings (SSSR count). The van der Waals surface area contributed by atoms with Gasteiger partial charge in [-0.2, -0.15) is 0 Å². The maximum atomic E-state index is 12.9. The number of anilines is 2. The molecule has 0 radical (unpaired) electrons. The molecular weight excluding hydrogens is 400 g/mol. The van der Waals surface area contributed by atoms with Crippen molar-refractivity contribution in [1.82, 2.24) is 0 Å². The van der Waals surface area contributed by atoms with Crippen LogP contribution in [0.4, 0.5) is 11.4 Å². The maximum absolute atomic E-state index is 12.9. The first-order chi connectivity index (χ1) is 13.9. The van der Waals surface area contributed by atoms with Gasteiger partial charge in [-0.05, 0) is 31.2 Å². The number of hydrogen-bond donors (Lipinski definition) is 1. The fraction of sp³-hybridized carbons (Fsp3) is 0.250. The van der Waals surface area contributed by atoms with Crippen LogP contribution in [0.3, 0.4) is 0 Å². The monoisotopic (exact) mass is 416 g/mol. The molecule has 29 heavy (non-hydrogen) atoms. The van der Waals surface area contributed by atoms with Gasteiger partial charge in [-0.3, -0.25) is 14.5 Å². The van der Waals surface area contributed by atoms with Crippen LogP contribution in [0.5, 0.6) is 11.5 Å². The van der Waals surface area contributed by atoms with E-state index in [-0.39, 0.29) is 23.0 Å². The highest BCUT2D eigenvalue weighted by Gasteiger charge is 2.32. The van der Waals surface area contributed by atoms with E-state index in [0.29, 0.717) is 36.1 Å². The number of esters is 1. The number of nitrogens with one attached hydrogen (secondary N) is 1. The summed E-state index contributed by atoms with van der Waals surface area (Å²) in [5.41, 5.74) is 1.20. The molecule has 1 atom stereocenters. The van der Waals surface area contributed by atoms with E-state index in [0.717, 1.165) is 0 Å². The molecule has 0 spiro atoms. The molecule has 0 bridgehead atoms. The van der Waals surface area contributed by atoms with Crippen LogP contribution >= 0.6 is 11.6 Å². The molecule has 0 fully saturated rings. The van der Waals surface area contributed by atoms with Crippen LogP contribution < -0.4 is 19.7 Å². The second-order valence-corrected chi connectivity index (χ2v) is 6.93. The number of halogens is 1. The molecular formula is C20H17ClN2O6. The van der Waals surface area contributed by atoms with E-state index in [2.05, 4.69) is 5.32 Å². The highest BCUT2D eigenvalue weighted by Crippen LogP contribution is 2.38. The normalized spacial score (nSPS) is 15.8. The van der Waals surface area contributed by atoms with Gasteiger partial charge in [0.15, 0.2) is 17.6 Å². The van der Waals surface area contributed by atoms with Crippen molar-refractivity contribution in [2.24, 2.45) is 0 Å². The van der Waals surface area contributed by atoms with E-state index in [4.69, 9.17) is 25.8 Å². The van der Waals surface area contributed by atoms with Gasteiger partial charge in [-0.15, -0.1) is 0 Å². The van der Waals surface area contributed by atoms with Crippen LogP contribution in [0.25, 0.3) is 0 Å². The van der Waals surface area contributed by atoms with Crippen molar-refractivity contribution in [2.45, 2.75) is 13.0 Å². The van der Waals surface area contributed by atoms with Gasteiger partial charge in [0.05, 0.1) is 22.0 Å². The number of carbonyl (C=O) groups is 3. The van der Waals surface area contributed by atoms with Gasteiger partial charge in [-0.25, -0.2) is 4.79 Å². The zero-order valence-corrected chi connectivity index (χ0v) is 16.2. The van der Waals surface area contributed by atoms with Crippen molar-refractivity contribution >= 4 is 40.8 Å². The first kappa shape index (κ1) is 19.1. The Morgan fingerprint density at radius 3 is 2.79 bits per heavy atom. The average Bonchev–Trinajstić information content (AvgIpc) is 2.72. The minimum absolute atomic E-state index is 0.135. The Balaban J connectivity index is 1.52. The Bertz CT molecular complexity index is 1010. The summed E-state index contributed by atoms with van der Waals surface area (Å²) in [6, 6.07) is 9.77.